The van der Waals surface area contributed by atoms with Crippen LogP contribution in [0.15, 0.2) is 0 Å². The molecule has 1 saturated carbocycles. The number of hydrogen-bond acceptors (Lipinski definition) is 3. The summed E-state index contributed by atoms with van der Waals surface area (Å²) in [6.07, 6.45) is 9.49. The number of ether oxygens (including phenoxy) is 1. The number of rotatable bonds is 5. The third-order valence-electron chi connectivity index (χ3n) is 3.56. The fourth-order valence-corrected chi connectivity index (χ4v) is 2.50. The van der Waals surface area contributed by atoms with Crippen molar-refractivity contribution in [3.05, 3.63) is 0 Å². The molecular formula is C15H25NO2. The number of carbonyl (C=O) groups is 1. The second-order valence-corrected chi connectivity index (χ2v) is 5.37. The second kappa shape index (κ2) is 7.43. The zero-order chi connectivity index (χ0) is 13.5. The minimum Gasteiger partial charge on any atom is -0.466 e. The van der Waals surface area contributed by atoms with E-state index in [-0.39, 0.29) is 17.9 Å². The van der Waals surface area contributed by atoms with E-state index < -0.39 is 0 Å². The Morgan fingerprint density at radius 2 is 2.22 bits per heavy atom. The van der Waals surface area contributed by atoms with Crippen molar-refractivity contribution in [1.82, 2.24) is 5.32 Å². The van der Waals surface area contributed by atoms with E-state index in [1.165, 1.54) is 0 Å². The van der Waals surface area contributed by atoms with Gasteiger partial charge in [0.25, 0.3) is 0 Å². The Morgan fingerprint density at radius 3 is 2.78 bits per heavy atom. The minimum atomic E-state index is -0.0502. The first-order valence-electron chi connectivity index (χ1n) is 6.97. The number of esters is 1. The van der Waals surface area contributed by atoms with E-state index in [1.807, 2.05) is 6.92 Å². The van der Waals surface area contributed by atoms with Crippen LogP contribution >= 0.6 is 0 Å². The molecule has 0 aromatic carbocycles. The third kappa shape index (κ3) is 4.34. The molecule has 1 fully saturated rings. The van der Waals surface area contributed by atoms with Crippen molar-refractivity contribution in [3.63, 3.8) is 0 Å². The highest BCUT2D eigenvalue weighted by atomic mass is 16.5. The van der Waals surface area contributed by atoms with Crippen LogP contribution in [0, 0.1) is 24.2 Å². The van der Waals surface area contributed by atoms with Crippen LogP contribution in [-0.2, 0) is 9.53 Å². The van der Waals surface area contributed by atoms with Crippen molar-refractivity contribution < 1.29 is 9.53 Å². The zero-order valence-corrected chi connectivity index (χ0v) is 11.7. The lowest BCUT2D eigenvalue weighted by Gasteiger charge is -2.31. The van der Waals surface area contributed by atoms with Crippen LogP contribution in [0.3, 0.4) is 0 Å². The SMILES string of the molecule is C#CC(NC1CCCC(C(=O)OCC)C1)C(C)C. The molecule has 3 heteroatoms. The molecule has 0 heterocycles. The molecule has 0 bridgehead atoms. The van der Waals surface area contributed by atoms with Crippen LogP contribution in [0.4, 0.5) is 0 Å². The van der Waals surface area contributed by atoms with Crippen molar-refractivity contribution in [3.8, 4) is 12.3 Å². The molecule has 0 radical (unpaired) electrons. The van der Waals surface area contributed by atoms with Gasteiger partial charge in [0.15, 0.2) is 0 Å². The molecule has 0 spiro atoms. The van der Waals surface area contributed by atoms with E-state index in [4.69, 9.17) is 11.2 Å². The standard InChI is InChI=1S/C15H25NO2/c1-5-14(11(3)4)16-13-9-7-8-12(10-13)15(17)18-6-2/h1,11-14,16H,6-10H2,2-4H3. The highest BCUT2D eigenvalue weighted by Crippen LogP contribution is 2.26. The van der Waals surface area contributed by atoms with Crippen LogP contribution in [0.25, 0.3) is 0 Å². The van der Waals surface area contributed by atoms with Gasteiger partial charge >= 0.3 is 5.97 Å². The Labute approximate surface area is 111 Å². The van der Waals surface area contributed by atoms with Gasteiger partial charge < -0.3 is 10.1 Å². The van der Waals surface area contributed by atoms with Crippen LogP contribution in [-0.4, -0.2) is 24.7 Å². The Bertz CT molecular complexity index is 306. The van der Waals surface area contributed by atoms with E-state index in [0.29, 0.717) is 18.6 Å². The first-order chi connectivity index (χ1) is 8.58. The first kappa shape index (κ1) is 15.0. The Hall–Kier alpha value is -1.01. The van der Waals surface area contributed by atoms with E-state index in [0.717, 1.165) is 25.7 Å². The lowest BCUT2D eigenvalue weighted by molar-refractivity contribution is -0.149. The van der Waals surface area contributed by atoms with E-state index >= 15 is 0 Å². The van der Waals surface area contributed by atoms with Gasteiger partial charge in [-0.2, -0.15) is 0 Å². The summed E-state index contributed by atoms with van der Waals surface area (Å²) in [7, 11) is 0. The zero-order valence-electron chi connectivity index (χ0n) is 11.7. The maximum absolute atomic E-state index is 11.7. The summed E-state index contributed by atoms with van der Waals surface area (Å²) in [5, 5.41) is 3.49. The van der Waals surface area contributed by atoms with Crippen LogP contribution in [0.2, 0.25) is 0 Å². The Kier molecular flexibility index (Phi) is 6.21. The van der Waals surface area contributed by atoms with Crippen molar-refractivity contribution in [1.29, 1.82) is 0 Å². The molecule has 3 unspecified atom stereocenters. The molecule has 18 heavy (non-hydrogen) atoms. The summed E-state index contributed by atoms with van der Waals surface area (Å²) in [6.45, 7) is 6.54. The van der Waals surface area contributed by atoms with Gasteiger partial charge in [0.2, 0.25) is 0 Å². The lowest BCUT2D eigenvalue weighted by Crippen LogP contribution is -2.44. The molecule has 0 aromatic heterocycles. The summed E-state index contributed by atoms with van der Waals surface area (Å²) in [6, 6.07) is 0.438. The van der Waals surface area contributed by atoms with Crippen molar-refractivity contribution >= 4 is 5.97 Å². The predicted octanol–water partition coefficient (Wildman–Crippen LogP) is 2.36. The molecule has 1 rings (SSSR count). The van der Waals surface area contributed by atoms with Gasteiger partial charge in [-0.1, -0.05) is 26.2 Å². The van der Waals surface area contributed by atoms with Gasteiger partial charge in [0, 0.05) is 6.04 Å². The van der Waals surface area contributed by atoms with Gasteiger partial charge in [0.05, 0.1) is 18.6 Å². The molecule has 1 aliphatic carbocycles. The molecule has 0 amide bonds. The van der Waals surface area contributed by atoms with E-state index in [9.17, 15) is 4.79 Å². The summed E-state index contributed by atoms with van der Waals surface area (Å²) in [4.78, 5) is 11.7. The quantitative estimate of drug-likeness (QED) is 0.602. The highest BCUT2D eigenvalue weighted by Gasteiger charge is 2.29. The average molecular weight is 251 g/mol. The summed E-state index contributed by atoms with van der Waals surface area (Å²) < 4.78 is 5.10. The van der Waals surface area contributed by atoms with Crippen molar-refractivity contribution in [2.75, 3.05) is 6.61 Å². The van der Waals surface area contributed by atoms with Gasteiger partial charge in [0.1, 0.15) is 0 Å². The molecule has 0 aliphatic heterocycles. The van der Waals surface area contributed by atoms with Gasteiger partial charge in [-0.05, 0) is 32.1 Å². The highest BCUT2D eigenvalue weighted by molar-refractivity contribution is 5.72. The third-order valence-corrected chi connectivity index (χ3v) is 3.56. The van der Waals surface area contributed by atoms with Crippen molar-refractivity contribution in [2.24, 2.45) is 11.8 Å². The van der Waals surface area contributed by atoms with Crippen molar-refractivity contribution in [2.45, 2.75) is 58.5 Å². The fourth-order valence-electron chi connectivity index (χ4n) is 2.50. The number of nitrogens with one attached hydrogen (secondary N) is 1. The minimum absolute atomic E-state index is 0.0433. The molecule has 0 aromatic rings. The number of terminal acetylenes is 1. The van der Waals surface area contributed by atoms with Gasteiger partial charge in [-0.25, -0.2) is 0 Å². The molecule has 3 atom stereocenters. The summed E-state index contributed by atoms with van der Waals surface area (Å²) in [5.74, 6) is 3.20. The average Bonchev–Trinajstić information content (AvgIpc) is 2.36. The molecule has 102 valence electrons. The fraction of sp³-hybridized carbons (Fsp3) is 0.800. The molecule has 1 aliphatic rings. The molecule has 1 N–H and O–H groups in total. The van der Waals surface area contributed by atoms with Gasteiger partial charge in [-0.3, -0.25) is 4.79 Å². The largest absolute Gasteiger partial charge is 0.466 e. The normalized spacial score (nSPS) is 25.5. The Morgan fingerprint density at radius 1 is 1.50 bits per heavy atom. The lowest BCUT2D eigenvalue weighted by atomic mass is 9.85. The summed E-state index contributed by atoms with van der Waals surface area (Å²) in [5.41, 5.74) is 0. The maximum atomic E-state index is 11.7. The second-order valence-electron chi connectivity index (χ2n) is 5.37. The monoisotopic (exact) mass is 251 g/mol. The topological polar surface area (TPSA) is 38.3 Å². The number of hydrogen-bond donors (Lipinski definition) is 1. The smallest absolute Gasteiger partial charge is 0.308 e. The first-order valence-corrected chi connectivity index (χ1v) is 6.97. The maximum Gasteiger partial charge on any atom is 0.308 e. The number of carbonyl (C=O) groups excluding carboxylic acids is 1. The van der Waals surface area contributed by atoms with Crippen LogP contribution in [0.1, 0.15) is 46.5 Å². The Balaban J connectivity index is 2.48. The summed E-state index contributed by atoms with van der Waals surface area (Å²) >= 11 is 0. The molecule has 0 saturated heterocycles. The molecule has 3 nitrogen and oxygen atoms in total. The van der Waals surface area contributed by atoms with Gasteiger partial charge in [-0.15, -0.1) is 6.42 Å². The van der Waals surface area contributed by atoms with E-state index in [1.54, 1.807) is 0 Å². The van der Waals surface area contributed by atoms with E-state index in [2.05, 4.69) is 25.1 Å². The van der Waals surface area contributed by atoms with Crippen LogP contribution in [0.5, 0.6) is 0 Å². The van der Waals surface area contributed by atoms with Crippen LogP contribution < -0.4 is 5.32 Å². The molecular weight excluding hydrogens is 226 g/mol. The predicted molar refractivity (Wildman–Crippen MR) is 73.0 cm³/mol.